The summed E-state index contributed by atoms with van der Waals surface area (Å²) >= 11 is 0. The summed E-state index contributed by atoms with van der Waals surface area (Å²) in [4.78, 5) is 14.5. The Bertz CT molecular complexity index is 284. The average molecular weight is 179 g/mol. The fourth-order valence-corrected chi connectivity index (χ4v) is 0.859. The van der Waals surface area contributed by atoms with Gasteiger partial charge in [0.25, 0.3) is 0 Å². The van der Waals surface area contributed by atoms with Crippen molar-refractivity contribution in [3.63, 3.8) is 0 Å². The molecule has 3 nitrogen and oxygen atoms in total. The first kappa shape index (κ1) is 9.71. The molecule has 3 heteroatoms. The van der Waals surface area contributed by atoms with Crippen LogP contribution in [0.25, 0.3) is 0 Å². The van der Waals surface area contributed by atoms with Gasteiger partial charge in [-0.25, -0.2) is 4.98 Å². The highest BCUT2D eigenvalue weighted by atomic mass is 16.5. The number of carbonyl (C=O) groups is 1. The minimum Gasteiger partial charge on any atom is -0.477 e. The Morgan fingerprint density at radius 1 is 1.62 bits per heavy atom. The van der Waals surface area contributed by atoms with E-state index < -0.39 is 0 Å². The fourth-order valence-electron chi connectivity index (χ4n) is 0.859. The number of aldehydes is 1. The molecule has 0 atom stereocenters. The summed E-state index contributed by atoms with van der Waals surface area (Å²) in [5.74, 6) is 0.854. The van der Waals surface area contributed by atoms with E-state index in [0.717, 1.165) is 6.29 Å². The Kier molecular flexibility index (Phi) is 3.43. The minimum atomic E-state index is 0.422. The van der Waals surface area contributed by atoms with Crippen LogP contribution in [0, 0.1) is 5.92 Å². The molecule has 1 aromatic heterocycles. The third-order valence-corrected chi connectivity index (χ3v) is 1.48. The van der Waals surface area contributed by atoms with Gasteiger partial charge in [-0.2, -0.15) is 0 Å². The number of aromatic nitrogens is 1. The van der Waals surface area contributed by atoms with Gasteiger partial charge in [-0.1, -0.05) is 13.8 Å². The van der Waals surface area contributed by atoms with E-state index in [1.165, 1.54) is 0 Å². The fraction of sp³-hybridized carbons (Fsp3) is 0.400. The lowest BCUT2D eigenvalue weighted by atomic mass is 10.2. The van der Waals surface area contributed by atoms with Crippen LogP contribution in [-0.4, -0.2) is 17.9 Å². The molecule has 0 aliphatic carbocycles. The molecule has 0 N–H and O–H groups in total. The van der Waals surface area contributed by atoms with E-state index in [9.17, 15) is 4.79 Å². The van der Waals surface area contributed by atoms with Crippen LogP contribution in [0.4, 0.5) is 0 Å². The molecule has 1 aromatic rings. The Hall–Kier alpha value is -1.38. The third kappa shape index (κ3) is 2.86. The molecule has 1 rings (SSSR count). The number of pyridine rings is 1. The van der Waals surface area contributed by atoms with E-state index >= 15 is 0 Å². The first-order chi connectivity index (χ1) is 6.24. The van der Waals surface area contributed by atoms with Crippen LogP contribution >= 0.6 is 0 Å². The van der Waals surface area contributed by atoms with Crippen molar-refractivity contribution in [1.82, 2.24) is 4.98 Å². The second kappa shape index (κ2) is 4.60. The van der Waals surface area contributed by atoms with Gasteiger partial charge in [0.15, 0.2) is 6.29 Å². The maximum Gasteiger partial charge on any atom is 0.224 e. The molecule has 1 heterocycles. The van der Waals surface area contributed by atoms with Crippen LogP contribution < -0.4 is 4.74 Å². The molecule has 0 aliphatic rings. The lowest BCUT2D eigenvalue weighted by Crippen LogP contribution is -2.07. The van der Waals surface area contributed by atoms with E-state index in [-0.39, 0.29) is 0 Å². The van der Waals surface area contributed by atoms with Gasteiger partial charge in [-0.15, -0.1) is 0 Å². The Balaban J connectivity index is 2.69. The van der Waals surface area contributed by atoms with Gasteiger partial charge in [-0.05, 0) is 18.1 Å². The van der Waals surface area contributed by atoms with Crippen molar-refractivity contribution in [2.45, 2.75) is 13.8 Å². The summed E-state index contributed by atoms with van der Waals surface area (Å²) in [6.45, 7) is 4.67. The largest absolute Gasteiger partial charge is 0.477 e. The highest BCUT2D eigenvalue weighted by molar-refractivity contribution is 5.77. The topological polar surface area (TPSA) is 39.2 Å². The number of nitrogens with zero attached hydrogens (tertiary/aromatic N) is 1. The van der Waals surface area contributed by atoms with E-state index in [1.807, 2.05) is 13.8 Å². The van der Waals surface area contributed by atoms with Crippen LogP contribution in [-0.2, 0) is 0 Å². The lowest BCUT2D eigenvalue weighted by molar-refractivity contribution is 0.111. The second-order valence-electron chi connectivity index (χ2n) is 3.22. The summed E-state index contributed by atoms with van der Waals surface area (Å²) in [6, 6.07) is 3.40. The molecule has 0 saturated heterocycles. The first-order valence-corrected chi connectivity index (χ1v) is 4.27. The van der Waals surface area contributed by atoms with Crippen LogP contribution in [0.3, 0.4) is 0 Å². The van der Waals surface area contributed by atoms with Crippen LogP contribution in [0.5, 0.6) is 5.88 Å². The molecule has 13 heavy (non-hydrogen) atoms. The molecule has 0 unspecified atom stereocenters. The van der Waals surface area contributed by atoms with Crippen molar-refractivity contribution in [3.8, 4) is 5.88 Å². The molecule has 70 valence electrons. The quantitative estimate of drug-likeness (QED) is 0.663. The molecule has 0 saturated carbocycles. The number of hydrogen-bond donors (Lipinski definition) is 0. The van der Waals surface area contributed by atoms with Crippen LogP contribution in [0.1, 0.15) is 24.2 Å². The number of carbonyl (C=O) groups excluding carboxylic acids is 1. The van der Waals surface area contributed by atoms with E-state index in [2.05, 4.69) is 4.98 Å². The standard InChI is InChI=1S/C10H13NO2/c1-8(2)7-13-10-9(6-12)4-3-5-11-10/h3-6,8H,7H2,1-2H3. The second-order valence-corrected chi connectivity index (χ2v) is 3.22. The molecular formula is C10H13NO2. The predicted molar refractivity (Wildman–Crippen MR) is 50.0 cm³/mol. The molecule has 0 aliphatic heterocycles. The third-order valence-electron chi connectivity index (χ3n) is 1.48. The van der Waals surface area contributed by atoms with E-state index in [1.54, 1.807) is 18.3 Å². The molecule has 0 radical (unpaired) electrons. The predicted octanol–water partition coefficient (Wildman–Crippen LogP) is 1.93. The zero-order chi connectivity index (χ0) is 9.68. The summed E-state index contributed by atoms with van der Waals surface area (Å²) in [7, 11) is 0. The Morgan fingerprint density at radius 3 is 3.00 bits per heavy atom. The lowest BCUT2D eigenvalue weighted by Gasteiger charge is -2.08. The first-order valence-electron chi connectivity index (χ1n) is 4.27. The highest BCUT2D eigenvalue weighted by Crippen LogP contribution is 2.12. The summed E-state index contributed by atoms with van der Waals surface area (Å²) in [5, 5.41) is 0. The summed E-state index contributed by atoms with van der Waals surface area (Å²) < 4.78 is 5.35. The summed E-state index contributed by atoms with van der Waals surface area (Å²) in [6.07, 6.45) is 2.37. The Labute approximate surface area is 77.8 Å². The zero-order valence-corrected chi connectivity index (χ0v) is 7.86. The van der Waals surface area contributed by atoms with Gasteiger partial charge in [0.1, 0.15) is 0 Å². The normalized spacial score (nSPS) is 10.1. The molecule has 0 aromatic carbocycles. The van der Waals surface area contributed by atoms with Crippen molar-refractivity contribution < 1.29 is 9.53 Å². The molecular weight excluding hydrogens is 166 g/mol. The number of hydrogen-bond acceptors (Lipinski definition) is 3. The summed E-state index contributed by atoms with van der Waals surface area (Å²) in [5.41, 5.74) is 0.503. The van der Waals surface area contributed by atoms with Crippen molar-refractivity contribution in [1.29, 1.82) is 0 Å². The molecule has 0 spiro atoms. The smallest absolute Gasteiger partial charge is 0.224 e. The number of rotatable bonds is 4. The Morgan fingerprint density at radius 2 is 2.38 bits per heavy atom. The van der Waals surface area contributed by atoms with Crippen LogP contribution in [0.15, 0.2) is 18.3 Å². The molecule has 0 amide bonds. The zero-order valence-electron chi connectivity index (χ0n) is 7.86. The number of ether oxygens (including phenoxy) is 1. The van der Waals surface area contributed by atoms with Gasteiger partial charge in [-0.3, -0.25) is 4.79 Å². The van der Waals surface area contributed by atoms with Gasteiger partial charge in [0, 0.05) is 6.20 Å². The SMILES string of the molecule is CC(C)COc1ncccc1C=O. The van der Waals surface area contributed by atoms with Crippen molar-refractivity contribution >= 4 is 6.29 Å². The van der Waals surface area contributed by atoms with Gasteiger partial charge < -0.3 is 4.74 Å². The van der Waals surface area contributed by atoms with E-state index in [0.29, 0.717) is 24.0 Å². The van der Waals surface area contributed by atoms with Gasteiger partial charge in [0.2, 0.25) is 5.88 Å². The van der Waals surface area contributed by atoms with Crippen molar-refractivity contribution in [2.75, 3.05) is 6.61 Å². The maximum absolute atomic E-state index is 10.6. The van der Waals surface area contributed by atoms with Crippen molar-refractivity contribution in [2.24, 2.45) is 5.92 Å². The maximum atomic E-state index is 10.6. The van der Waals surface area contributed by atoms with E-state index in [4.69, 9.17) is 4.74 Å². The van der Waals surface area contributed by atoms with Gasteiger partial charge in [0.05, 0.1) is 12.2 Å². The van der Waals surface area contributed by atoms with Gasteiger partial charge >= 0.3 is 0 Å². The van der Waals surface area contributed by atoms with Crippen molar-refractivity contribution in [3.05, 3.63) is 23.9 Å². The average Bonchev–Trinajstić information content (AvgIpc) is 2.15. The van der Waals surface area contributed by atoms with Crippen LogP contribution in [0.2, 0.25) is 0 Å². The monoisotopic (exact) mass is 179 g/mol. The molecule has 0 bridgehead atoms. The highest BCUT2D eigenvalue weighted by Gasteiger charge is 2.03. The minimum absolute atomic E-state index is 0.422. The molecule has 0 fully saturated rings.